The van der Waals surface area contributed by atoms with E-state index < -0.39 is 16.1 Å². The first-order valence-corrected chi connectivity index (χ1v) is 11.0. The average Bonchev–Trinajstić information content (AvgIpc) is 2.60. The van der Waals surface area contributed by atoms with Gasteiger partial charge in [-0.25, -0.2) is 8.42 Å². The van der Waals surface area contributed by atoms with Gasteiger partial charge in [-0.3, -0.25) is 9.10 Å². The first-order valence-electron chi connectivity index (χ1n) is 9.11. The molecule has 0 aliphatic heterocycles. The first-order chi connectivity index (χ1) is 13.0. The van der Waals surface area contributed by atoms with Crippen LogP contribution in [-0.4, -0.2) is 33.7 Å². The van der Waals surface area contributed by atoms with Gasteiger partial charge in [0.2, 0.25) is 10.0 Å². The van der Waals surface area contributed by atoms with Crippen molar-refractivity contribution in [2.24, 2.45) is 0 Å². The number of anilines is 2. The van der Waals surface area contributed by atoms with Crippen molar-refractivity contribution in [1.82, 2.24) is 0 Å². The van der Waals surface area contributed by atoms with Crippen molar-refractivity contribution in [1.29, 1.82) is 0 Å². The Balaban J connectivity index is 2.15. The Labute approximate surface area is 167 Å². The lowest BCUT2D eigenvalue weighted by Crippen LogP contribution is -2.30. The Kier molecular flexibility index (Phi) is 6.72. The second kappa shape index (κ2) is 8.65. The second-order valence-corrected chi connectivity index (χ2v) is 9.24. The number of hydrogen-bond acceptors (Lipinski definition) is 4. The van der Waals surface area contributed by atoms with Crippen molar-refractivity contribution in [3.8, 4) is 5.75 Å². The Morgan fingerprint density at radius 1 is 1.11 bits per heavy atom. The SMILES string of the molecule is Cc1ccc(C(C)C)c(O[C@H](C)C(=O)Nc2cccc(N(C)S(C)(=O)=O)c2)c1. The molecule has 1 atom stereocenters. The molecule has 0 saturated heterocycles. The number of carbonyl (C=O) groups is 1. The molecular weight excluding hydrogens is 376 g/mol. The molecule has 152 valence electrons. The predicted octanol–water partition coefficient (Wildman–Crippen LogP) is 3.92. The zero-order valence-corrected chi connectivity index (χ0v) is 18.0. The number of rotatable bonds is 7. The maximum absolute atomic E-state index is 12.6. The molecule has 7 heteroatoms. The molecule has 0 saturated carbocycles. The van der Waals surface area contributed by atoms with Gasteiger partial charge in [-0.2, -0.15) is 0 Å². The van der Waals surface area contributed by atoms with E-state index in [0.717, 1.165) is 21.7 Å². The molecule has 0 bridgehead atoms. The summed E-state index contributed by atoms with van der Waals surface area (Å²) >= 11 is 0. The zero-order valence-electron chi connectivity index (χ0n) is 17.2. The number of aryl methyl sites for hydroxylation is 1. The summed E-state index contributed by atoms with van der Waals surface area (Å²) < 4.78 is 30.5. The molecule has 0 aromatic heterocycles. The third-order valence-corrected chi connectivity index (χ3v) is 5.64. The number of amides is 1. The third kappa shape index (κ3) is 5.48. The van der Waals surface area contributed by atoms with Crippen molar-refractivity contribution < 1.29 is 17.9 Å². The van der Waals surface area contributed by atoms with Crippen LogP contribution in [0.4, 0.5) is 11.4 Å². The minimum absolute atomic E-state index is 0.272. The Morgan fingerprint density at radius 3 is 2.39 bits per heavy atom. The number of sulfonamides is 1. The molecule has 0 unspecified atom stereocenters. The molecule has 0 fully saturated rings. The smallest absolute Gasteiger partial charge is 0.265 e. The van der Waals surface area contributed by atoms with Crippen LogP contribution in [0.25, 0.3) is 0 Å². The summed E-state index contributed by atoms with van der Waals surface area (Å²) in [6, 6.07) is 12.6. The molecule has 2 aromatic carbocycles. The summed E-state index contributed by atoms with van der Waals surface area (Å²) in [6.45, 7) is 7.82. The van der Waals surface area contributed by atoms with Crippen molar-refractivity contribution in [3.05, 3.63) is 53.6 Å². The van der Waals surface area contributed by atoms with Crippen LogP contribution < -0.4 is 14.4 Å². The van der Waals surface area contributed by atoms with Gasteiger partial charge >= 0.3 is 0 Å². The molecule has 0 aliphatic carbocycles. The van der Waals surface area contributed by atoms with Crippen LogP contribution in [0.1, 0.15) is 37.8 Å². The highest BCUT2D eigenvalue weighted by molar-refractivity contribution is 7.92. The molecule has 6 nitrogen and oxygen atoms in total. The van der Waals surface area contributed by atoms with Crippen LogP contribution in [0.15, 0.2) is 42.5 Å². The number of nitrogens with zero attached hydrogens (tertiary/aromatic N) is 1. The molecule has 28 heavy (non-hydrogen) atoms. The van der Waals surface area contributed by atoms with Crippen LogP contribution in [0.3, 0.4) is 0 Å². The lowest BCUT2D eigenvalue weighted by molar-refractivity contribution is -0.122. The van der Waals surface area contributed by atoms with Gasteiger partial charge < -0.3 is 10.1 Å². The summed E-state index contributed by atoms with van der Waals surface area (Å²) in [4.78, 5) is 12.6. The monoisotopic (exact) mass is 404 g/mol. The van der Waals surface area contributed by atoms with Crippen LogP contribution in [0, 0.1) is 6.92 Å². The van der Waals surface area contributed by atoms with Crippen molar-refractivity contribution in [2.45, 2.75) is 39.7 Å². The lowest BCUT2D eigenvalue weighted by Gasteiger charge is -2.20. The van der Waals surface area contributed by atoms with Gasteiger partial charge in [0.25, 0.3) is 5.91 Å². The topological polar surface area (TPSA) is 75.7 Å². The first kappa shape index (κ1) is 21.8. The van der Waals surface area contributed by atoms with Gasteiger partial charge in [-0.1, -0.05) is 32.0 Å². The van der Waals surface area contributed by atoms with Crippen molar-refractivity contribution in [2.75, 3.05) is 22.9 Å². The fraction of sp³-hybridized carbons (Fsp3) is 0.381. The molecule has 2 rings (SSSR count). The number of carbonyl (C=O) groups excluding carboxylic acids is 1. The van der Waals surface area contributed by atoms with E-state index in [4.69, 9.17) is 4.74 Å². The van der Waals surface area contributed by atoms with Gasteiger partial charge in [0.05, 0.1) is 11.9 Å². The Hall–Kier alpha value is -2.54. The van der Waals surface area contributed by atoms with Crippen LogP contribution in [0.2, 0.25) is 0 Å². The number of nitrogens with one attached hydrogen (secondary N) is 1. The fourth-order valence-corrected chi connectivity index (χ4v) is 3.18. The molecular formula is C21H28N2O4S. The number of ether oxygens (including phenoxy) is 1. The van der Waals surface area contributed by atoms with Gasteiger partial charge in [0.15, 0.2) is 6.10 Å². The second-order valence-electron chi connectivity index (χ2n) is 7.23. The molecule has 0 spiro atoms. The summed E-state index contributed by atoms with van der Waals surface area (Å²) in [5.74, 6) is 0.660. The highest BCUT2D eigenvalue weighted by atomic mass is 32.2. The molecule has 0 heterocycles. The predicted molar refractivity (Wildman–Crippen MR) is 114 cm³/mol. The molecule has 0 radical (unpaired) electrons. The Morgan fingerprint density at radius 2 is 1.79 bits per heavy atom. The van der Waals surface area contributed by atoms with E-state index in [1.54, 1.807) is 31.2 Å². The largest absolute Gasteiger partial charge is 0.481 e. The third-order valence-electron chi connectivity index (χ3n) is 4.44. The number of hydrogen-bond donors (Lipinski definition) is 1. The Bertz CT molecular complexity index is 955. The van der Waals surface area contributed by atoms with E-state index in [9.17, 15) is 13.2 Å². The van der Waals surface area contributed by atoms with Gasteiger partial charge in [0, 0.05) is 12.7 Å². The number of benzene rings is 2. The molecule has 1 N–H and O–H groups in total. The van der Waals surface area contributed by atoms with Crippen LogP contribution >= 0.6 is 0 Å². The summed E-state index contributed by atoms with van der Waals surface area (Å²) in [5.41, 5.74) is 3.07. The van der Waals surface area contributed by atoms with Gasteiger partial charge in [-0.15, -0.1) is 0 Å². The maximum Gasteiger partial charge on any atom is 0.265 e. The van der Waals surface area contributed by atoms with E-state index in [1.165, 1.54) is 7.05 Å². The summed E-state index contributed by atoms with van der Waals surface area (Å²) in [5, 5.41) is 2.79. The van der Waals surface area contributed by atoms with E-state index in [1.807, 2.05) is 25.1 Å². The zero-order chi connectivity index (χ0) is 21.1. The minimum Gasteiger partial charge on any atom is -0.481 e. The van der Waals surface area contributed by atoms with Crippen molar-refractivity contribution >= 4 is 27.3 Å². The highest BCUT2D eigenvalue weighted by Gasteiger charge is 2.19. The lowest BCUT2D eigenvalue weighted by atomic mass is 10.0. The van der Waals surface area contributed by atoms with E-state index in [0.29, 0.717) is 17.1 Å². The van der Waals surface area contributed by atoms with Crippen LogP contribution in [0.5, 0.6) is 5.75 Å². The van der Waals surface area contributed by atoms with Crippen molar-refractivity contribution in [3.63, 3.8) is 0 Å². The van der Waals surface area contributed by atoms with E-state index in [2.05, 4.69) is 19.2 Å². The quantitative estimate of drug-likeness (QED) is 0.759. The molecule has 0 aliphatic rings. The molecule has 2 aromatic rings. The van der Waals surface area contributed by atoms with Gasteiger partial charge in [-0.05, 0) is 55.2 Å². The maximum atomic E-state index is 12.6. The average molecular weight is 405 g/mol. The standard InChI is InChI=1S/C21H28N2O4S/c1-14(2)19-11-10-15(3)12-20(19)27-16(4)21(24)22-17-8-7-9-18(13-17)23(5)28(6,25)26/h7-14,16H,1-6H3,(H,22,24)/t16-/m1/s1. The normalized spacial score (nSPS) is 12.5. The van der Waals surface area contributed by atoms with E-state index >= 15 is 0 Å². The van der Waals surface area contributed by atoms with E-state index in [-0.39, 0.29) is 11.8 Å². The summed E-state index contributed by atoms with van der Waals surface area (Å²) in [6.07, 6.45) is 0.415. The van der Waals surface area contributed by atoms with Gasteiger partial charge in [0.1, 0.15) is 5.75 Å². The minimum atomic E-state index is -3.38. The highest BCUT2D eigenvalue weighted by Crippen LogP contribution is 2.28. The van der Waals surface area contributed by atoms with Crippen LogP contribution in [-0.2, 0) is 14.8 Å². The fourth-order valence-electron chi connectivity index (χ4n) is 2.68. The molecule has 1 amide bonds. The summed E-state index contributed by atoms with van der Waals surface area (Å²) in [7, 11) is -1.91.